The van der Waals surface area contributed by atoms with Gasteiger partial charge in [-0.2, -0.15) is 13.2 Å². The molecular formula is C24H23F3N4O3. The van der Waals surface area contributed by atoms with Crippen molar-refractivity contribution in [2.24, 2.45) is 0 Å². The first kappa shape index (κ1) is 22.5. The van der Waals surface area contributed by atoms with Crippen LogP contribution in [0.3, 0.4) is 0 Å². The van der Waals surface area contributed by atoms with Crippen LogP contribution in [0.5, 0.6) is 11.5 Å². The molecule has 1 aromatic carbocycles. The summed E-state index contributed by atoms with van der Waals surface area (Å²) >= 11 is 0. The fourth-order valence-corrected chi connectivity index (χ4v) is 4.24. The molecule has 1 aliphatic carbocycles. The Kier molecular flexibility index (Phi) is 6.09. The largest absolute Gasteiger partial charge is 0.456 e. The first-order chi connectivity index (χ1) is 16.3. The van der Waals surface area contributed by atoms with Gasteiger partial charge in [0.15, 0.2) is 0 Å². The van der Waals surface area contributed by atoms with Crippen LogP contribution in [0.15, 0.2) is 48.7 Å². The maximum absolute atomic E-state index is 12.7. The summed E-state index contributed by atoms with van der Waals surface area (Å²) in [5, 5.41) is 3.80. The lowest BCUT2D eigenvalue weighted by atomic mass is 9.85. The normalized spacial score (nSPS) is 21.1. The van der Waals surface area contributed by atoms with Gasteiger partial charge in [-0.05, 0) is 49.2 Å². The highest BCUT2D eigenvalue weighted by Gasteiger charge is 2.35. The standard InChI is InChI=1S/C24H23F3N4O3/c25-24(26,27)22-6-3-19(14-28-22)34-18-2-5-20-15(11-18)1-4-21(30-20)23(32)29-16-12-17(13-16)31-7-9-33-10-8-31/h1-6,11,14,16-17H,7-10,12-13H2,(H,29,32). The van der Waals surface area contributed by atoms with E-state index in [9.17, 15) is 18.0 Å². The number of aromatic nitrogens is 2. The zero-order valence-corrected chi connectivity index (χ0v) is 18.2. The van der Waals surface area contributed by atoms with Crippen molar-refractivity contribution in [2.45, 2.75) is 31.1 Å². The molecule has 0 unspecified atom stereocenters. The van der Waals surface area contributed by atoms with Crippen LogP contribution < -0.4 is 10.1 Å². The predicted molar refractivity (Wildman–Crippen MR) is 118 cm³/mol. The van der Waals surface area contributed by atoms with Crippen molar-refractivity contribution >= 4 is 16.8 Å². The molecule has 5 rings (SSSR count). The first-order valence-corrected chi connectivity index (χ1v) is 11.1. The summed E-state index contributed by atoms with van der Waals surface area (Å²) in [5.74, 6) is 0.410. The van der Waals surface area contributed by atoms with Crippen molar-refractivity contribution in [1.82, 2.24) is 20.2 Å². The summed E-state index contributed by atoms with van der Waals surface area (Å²) in [6, 6.07) is 11.2. The fraction of sp³-hybridized carbons (Fsp3) is 0.375. The number of halogens is 3. The van der Waals surface area contributed by atoms with Gasteiger partial charge >= 0.3 is 6.18 Å². The number of carbonyl (C=O) groups excluding carboxylic acids is 1. The van der Waals surface area contributed by atoms with Crippen molar-refractivity contribution < 1.29 is 27.4 Å². The number of pyridine rings is 2. The molecule has 178 valence electrons. The summed E-state index contributed by atoms with van der Waals surface area (Å²) in [7, 11) is 0. The Hall–Kier alpha value is -3.24. The number of hydrogen-bond acceptors (Lipinski definition) is 6. The minimum Gasteiger partial charge on any atom is -0.456 e. The Morgan fingerprint density at radius 3 is 2.53 bits per heavy atom. The van der Waals surface area contributed by atoms with Gasteiger partial charge < -0.3 is 14.8 Å². The number of morpholine rings is 1. The molecule has 1 amide bonds. The van der Waals surface area contributed by atoms with Crippen LogP contribution >= 0.6 is 0 Å². The number of amides is 1. The topological polar surface area (TPSA) is 76.6 Å². The van der Waals surface area contributed by atoms with E-state index in [1.54, 1.807) is 30.3 Å². The second-order valence-corrected chi connectivity index (χ2v) is 8.47. The SMILES string of the molecule is O=C(NC1CC(N2CCOCC2)C1)c1ccc2cc(Oc3ccc(C(F)(F)F)nc3)ccc2n1. The number of carbonyl (C=O) groups is 1. The highest BCUT2D eigenvalue weighted by Crippen LogP contribution is 2.30. The highest BCUT2D eigenvalue weighted by molar-refractivity contribution is 5.95. The lowest BCUT2D eigenvalue weighted by molar-refractivity contribution is -0.141. The average molecular weight is 472 g/mol. The van der Waals surface area contributed by atoms with Gasteiger partial charge in [0.25, 0.3) is 5.91 Å². The summed E-state index contributed by atoms with van der Waals surface area (Å²) < 4.78 is 49.0. The molecular weight excluding hydrogens is 449 g/mol. The fourth-order valence-electron chi connectivity index (χ4n) is 4.24. The number of fused-ring (bicyclic) bond motifs is 1. The molecule has 7 nitrogen and oxygen atoms in total. The highest BCUT2D eigenvalue weighted by atomic mass is 19.4. The third-order valence-corrected chi connectivity index (χ3v) is 6.17. The smallest absolute Gasteiger partial charge is 0.433 e. The predicted octanol–water partition coefficient (Wildman–Crippen LogP) is 4.03. The van der Waals surface area contributed by atoms with Crippen molar-refractivity contribution in [3.05, 3.63) is 60.0 Å². The van der Waals surface area contributed by atoms with E-state index in [0.717, 1.165) is 56.8 Å². The summed E-state index contributed by atoms with van der Waals surface area (Å²) in [6.45, 7) is 3.42. The summed E-state index contributed by atoms with van der Waals surface area (Å²) in [4.78, 5) is 22.9. The maximum Gasteiger partial charge on any atom is 0.433 e. The number of ether oxygens (including phenoxy) is 2. The van der Waals surface area contributed by atoms with Gasteiger partial charge in [-0.1, -0.05) is 6.07 Å². The Balaban J connectivity index is 1.19. The lowest BCUT2D eigenvalue weighted by Crippen LogP contribution is -2.56. The molecule has 1 N–H and O–H groups in total. The Morgan fingerprint density at radius 1 is 1.06 bits per heavy atom. The molecule has 2 aliphatic rings. The van der Waals surface area contributed by atoms with Gasteiger partial charge in [0.2, 0.25) is 0 Å². The van der Waals surface area contributed by atoms with Crippen molar-refractivity contribution in [1.29, 1.82) is 0 Å². The quantitative estimate of drug-likeness (QED) is 0.604. The van der Waals surface area contributed by atoms with Gasteiger partial charge in [-0.15, -0.1) is 0 Å². The monoisotopic (exact) mass is 472 g/mol. The molecule has 2 aromatic heterocycles. The Labute approximate surface area is 193 Å². The molecule has 0 spiro atoms. The zero-order valence-electron chi connectivity index (χ0n) is 18.2. The van der Waals surface area contributed by atoms with E-state index in [1.807, 2.05) is 0 Å². The molecule has 1 saturated carbocycles. The number of hydrogen-bond donors (Lipinski definition) is 1. The van der Waals surface area contributed by atoms with Crippen LogP contribution in [-0.4, -0.2) is 59.2 Å². The first-order valence-electron chi connectivity index (χ1n) is 11.1. The van der Waals surface area contributed by atoms with Crippen LogP contribution in [0, 0.1) is 0 Å². The minimum atomic E-state index is -4.50. The van der Waals surface area contributed by atoms with Crippen molar-refractivity contribution in [3.63, 3.8) is 0 Å². The van der Waals surface area contributed by atoms with E-state index in [4.69, 9.17) is 9.47 Å². The molecule has 1 saturated heterocycles. The van der Waals surface area contributed by atoms with Crippen molar-refractivity contribution in [3.8, 4) is 11.5 Å². The van der Waals surface area contributed by atoms with Gasteiger partial charge in [-0.25, -0.2) is 9.97 Å². The van der Waals surface area contributed by atoms with E-state index in [-0.39, 0.29) is 17.7 Å². The summed E-state index contributed by atoms with van der Waals surface area (Å²) in [6.07, 6.45) is -1.61. The molecule has 10 heteroatoms. The zero-order chi connectivity index (χ0) is 23.7. The molecule has 3 aromatic rings. The van der Waals surface area contributed by atoms with E-state index in [1.165, 1.54) is 6.07 Å². The Bertz CT molecular complexity index is 1170. The van der Waals surface area contributed by atoms with E-state index >= 15 is 0 Å². The van der Waals surface area contributed by atoms with E-state index in [0.29, 0.717) is 23.0 Å². The lowest BCUT2D eigenvalue weighted by Gasteiger charge is -2.44. The number of nitrogens with one attached hydrogen (secondary N) is 1. The molecule has 2 fully saturated rings. The molecule has 0 atom stereocenters. The average Bonchev–Trinajstić information content (AvgIpc) is 2.81. The third kappa shape index (κ3) is 4.97. The third-order valence-electron chi connectivity index (χ3n) is 6.17. The minimum absolute atomic E-state index is 0.144. The molecule has 0 bridgehead atoms. The number of nitrogens with zero attached hydrogens (tertiary/aromatic N) is 3. The van der Waals surface area contributed by atoms with Crippen LogP contribution in [0.2, 0.25) is 0 Å². The molecule has 1 aliphatic heterocycles. The number of rotatable bonds is 5. The molecule has 3 heterocycles. The molecule has 0 radical (unpaired) electrons. The Morgan fingerprint density at radius 2 is 1.82 bits per heavy atom. The number of alkyl halides is 3. The van der Waals surface area contributed by atoms with E-state index in [2.05, 4.69) is 20.2 Å². The van der Waals surface area contributed by atoms with Gasteiger partial charge in [0, 0.05) is 30.6 Å². The number of benzene rings is 1. The van der Waals surface area contributed by atoms with Crippen LogP contribution in [0.25, 0.3) is 10.9 Å². The van der Waals surface area contributed by atoms with Gasteiger partial charge in [-0.3, -0.25) is 9.69 Å². The maximum atomic E-state index is 12.7. The van der Waals surface area contributed by atoms with Gasteiger partial charge in [0.05, 0.1) is 24.9 Å². The van der Waals surface area contributed by atoms with Gasteiger partial charge in [0.1, 0.15) is 22.9 Å². The summed E-state index contributed by atoms with van der Waals surface area (Å²) in [5.41, 5.74) is -0.0276. The molecule has 34 heavy (non-hydrogen) atoms. The van der Waals surface area contributed by atoms with Crippen LogP contribution in [0.4, 0.5) is 13.2 Å². The van der Waals surface area contributed by atoms with Crippen LogP contribution in [-0.2, 0) is 10.9 Å². The second kappa shape index (κ2) is 9.19. The van der Waals surface area contributed by atoms with Crippen molar-refractivity contribution in [2.75, 3.05) is 26.3 Å². The van der Waals surface area contributed by atoms with Crippen LogP contribution in [0.1, 0.15) is 29.0 Å². The van der Waals surface area contributed by atoms with E-state index < -0.39 is 11.9 Å². The second-order valence-electron chi connectivity index (χ2n) is 8.47.